The van der Waals surface area contributed by atoms with Crippen molar-refractivity contribution >= 4 is 60.8 Å². The van der Waals surface area contributed by atoms with E-state index in [1.807, 2.05) is 30.3 Å². The molecule has 0 bridgehead atoms. The average molecular weight is 543 g/mol. The number of esters is 1. The molecule has 0 amide bonds. The van der Waals surface area contributed by atoms with Gasteiger partial charge in [-0.1, -0.05) is 29.8 Å². The maximum Gasteiger partial charge on any atom is 0.317 e. The van der Waals surface area contributed by atoms with Crippen molar-refractivity contribution in [3.8, 4) is 5.75 Å². The Morgan fingerprint density at radius 2 is 1.86 bits per heavy atom. The second-order valence-corrected chi connectivity index (χ2v) is 8.72. The van der Waals surface area contributed by atoms with Gasteiger partial charge in [-0.2, -0.15) is 0 Å². The third-order valence-electron chi connectivity index (χ3n) is 4.88. The van der Waals surface area contributed by atoms with Crippen molar-refractivity contribution in [2.75, 3.05) is 13.7 Å². The molecule has 3 rings (SSSR count). The lowest BCUT2D eigenvalue weighted by Gasteiger charge is -2.30. The molecule has 0 aliphatic heterocycles. The van der Waals surface area contributed by atoms with Crippen LogP contribution < -0.4 is 4.74 Å². The van der Waals surface area contributed by atoms with Crippen LogP contribution in [0.4, 0.5) is 0 Å². The van der Waals surface area contributed by atoms with E-state index in [9.17, 15) is 9.59 Å². The molecule has 152 valence electrons. The Morgan fingerprint density at radius 3 is 2.45 bits per heavy atom. The molecule has 0 fully saturated rings. The number of halogens is 3. The number of benzene rings is 2. The van der Waals surface area contributed by atoms with Crippen LogP contribution in [0.1, 0.15) is 30.4 Å². The van der Waals surface area contributed by atoms with Gasteiger partial charge in [0.2, 0.25) is 0 Å². The zero-order chi connectivity index (χ0) is 21.1. The van der Waals surface area contributed by atoms with E-state index in [2.05, 4.69) is 31.9 Å². The van der Waals surface area contributed by atoms with Crippen LogP contribution in [0.5, 0.6) is 5.75 Å². The van der Waals surface area contributed by atoms with E-state index < -0.39 is 17.8 Å². The van der Waals surface area contributed by atoms with Crippen molar-refractivity contribution in [1.29, 1.82) is 0 Å². The van der Waals surface area contributed by atoms with E-state index in [1.165, 1.54) is 6.08 Å². The standard InChI is InChI=1S/C22H19Br2ClO4/c1-3-29-22(27)20-15(14-6-4-5-7-18(14)25)8-12(11-19(20)26)13-9-16(23)21(28-2)17(24)10-13/h4-7,9-11,15,20H,3,8H2,1-2H3. The van der Waals surface area contributed by atoms with Crippen LogP contribution >= 0.6 is 43.5 Å². The molecular formula is C22H19Br2ClO4. The number of hydrogen-bond donors (Lipinski definition) is 0. The summed E-state index contributed by atoms with van der Waals surface area (Å²) in [6.07, 6.45) is 2.01. The van der Waals surface area contributed by atoms with Gasteiger partial charge < -0.3 is 9.47 Å². The van der Waals surface area contributed by atoms with Crippen molar-refractivity contribution < 1.29 is 19.1 Å². The maximum absolute atomic E-state index is 13.0. The van der Waals surface area contributed by atoms with Crippen molar-refractivity contribution in [1.82, 2.24) is 0 Å². The molecule has 0 heterocycles. The zero-order valence-electron chi connectivity index (χ0n) is 15.9. The molecule has 0 saturated carbocycles. The predicted octanol–water partition coefficient (Wildman–Crippen LogP) is 6.19. The lowest BCUT2D eigenvalue weighted by atomic mass is 9.73. The fraction of sp³-hybridized carbons (Fsp3) is 0.273. The highest BCUT2D eigenvalue weighted by Gasteiger charge is 2.40. The Balaban J connectivity index is 2.08. The molecule has 2 aromatic rings. The summed E-state index contributed by atoms with van der Waals surface area (Å²) in [5, 5.41) is 0.526. The lowest BCUT2D eigenvalue weighted by Crippen LogP contribution is -2.34. The van der Waals surface area contributed by atoms with Crippen molar-refractivity contribution in [2.24, 2.45) is 5.92 Å². The second kappa shape index (κ2) is 9.45. The topological polar surface area (TPSA) is 52.6 Å². The van der Waals surface area contributed by atoms with Gasteiger partial charge in [-0.15, -0.1) is 0 Å². The SMILES string of the molecule is CCOC(=O)C1C(=O)C=C(c2cc(Br)c(OC)c(Br)c2)CC1c1ccccc1Cl. The molecule has 2 atom stereocenters. The zero-order valence-corrected chi connectivity index (χ0v) is 19.8. The van der Waals surface area contributed by atoms with Gasteiger partial charge in [0.05, 0.1) is 22.7 Å². The Hall–Kier alpha value is -1.63. The first-order valence-corrected chi connectivity index (χ1v) is 11.0. The van der Waals surface area contributed by atoms with Gasteiger partial charge in [0.15, 0.2) is 5.78 Å². The maximum atomic E-state index is 13.0. The van der Waals surface area contributed by atoms with Crippen LogP contribution in [0.3, 0.4) is 0 Å². The summed E-state index contributed by atoms with van der Waals surface area (Å²) in [5.74, 6) is -1.45. The summed E-state index contributed by atoms with van der Waals surface area (Å²) in [7, 11) is 1.59. The van der Waals surface area contributed by atoms with Crippen LogP contribution in [0.25, 0.3) is 5.57 Å². The first kappa shape index (κ1) is 22.1. The fourth-order valence-corrected chi connectivity index (χ4v) is 5.38. The summed E-state index contributed by atoms with van der Waals surface area (Å²) < 4.78 is 12.1. The molecule has 1 aliphatic rings. The number of ketones is 1. The number of ether oxygens (including phenoxy) is 2. The number of carbonyl (C=O) groups excluding carboxylic acids is 2. The number of hydrogen-bond acceptors (Lipinski definition) is 4. The first-order valence-electron chi connectivity index (χ1n) is 9.06. The van der Waals surface area contributed by atoms with Gasteiger partial charge in [-0.25, -0.2) is 0 Å². The van der Waals surface area contributed by atoms with Gasteiger partial charge in [0.25, 0.3) is 0 Å². The third-order valence-corrected chi connectivity index (χ3v) is 6.41. The van der Waals surface area contributed by atoms with Gasteiger partial charge >= 0.3 is 5.97 Å². The third kappa shape index (κ3) is 4.60. The quantitative estimate of drug-likeness (QED) is 0.334. The van der Waals surface area contributed by atoms with Crippen LogP contribution in [-0.4, -0.2) is 25.5 Å². The summed E-state index contributed by atoms with van der Waals surface area (Å²) >= 11 is 13.4. The highest BCUT2D eigenvalue weighted by Crippen LogP contribution is 2.44. The number of carbonyl (C=O) groups is 2. The molecule has 2 unspecified atom stereocenters. The Labute approximate surface area is 191 Å². The minimum Gasteiger partial charge on any atom is -0.494 e. The van der Waals surface area contributed by atoms with E-state index in [-0.39, 0.29) is 12.4 Å². The number of methoxy groups -OCH3 is 1. The minimum absolute atomic E-state index is 0.215. The Bertz CT molecular complexity index is 964. The number of allylic oxidation sites excluding steroid dienone is 2. The highest BCUT2D eigenvalue weighted by molar-refractivity contribution is 9.11. The molecule has 0 radical (unpaired) electrons. The van der Waals surface area contributed by atoms with E-state index in [4.69, 9.17) is 21.1 Å². The van der Waals surface area contributed by atoms with Gasteiger partial charge in [0.1, 0.15) is 11.7 Å². The van der Waals surface area contributed by atoms with E-state index >= 15 is 0 Å². The Morgan fingerprint density at radius 1 is 1.21 bits per heavy atom. The minimum atomic E-state index is -0.913. The largest absolute Gasteiger partial charge is 0.494 e. The molecule has 1 aliphatic carbocycles. The number of rotatable bonds is 5. The van der Waals surface area contributed by atoms with E-state index in [1.54, 1.807) is 20.1 Å². The van der Waals surface area contributed by atoms with Gasteiger partial charge in [0, 0.05) is 10.9 Å². The van der Waals surface area contributed by atoms with Crippen molar-refractivity contribution in [2.45, 2.75) is 19.3 Å². The van der Waals surface area contributed by atoms with E-state index in [0.29, 0.717) is 17.2 Å². The summed E-state index contributed by atoms with van der Waals surface area (Å²) in [6, 6.07) is 11.1. The Kier molecular flexibility index (Phi) is 7.19. The van der Waals surface area contributed by atoms with Gasteiger partial charge in [-0.3, -0.25) is 9.59 Å². The van der Waals surface area contributed by atoms with Crippen molar-refractivity contribution in [3.63, 3.8) is 0 Å². The molecule has 0 N–H and O–H groups in total. The van der Waals surface area contributed by atoms with Crippen LogP contribution in [0, 0.1) is 5.92 Å². The summed E-state index contributed by atoms with van der Waals surface area (Å²) in [4.78, 5) is 25.6. The second-order valence-electron chi connectivity index (χ2n) is 6.61. The average Bonchev–Trinajstić information content (AvgIpc) is 2.67. The van der Waals surface area contributed by atoms with Crippen molar-refractivity contribution in [3.05, 3.63) is 67.6 Å². The van der Waals surface area contributed by atoms with E-state index in [0.717, 1.165) is 25.6 Å². The first-order chi connectivity index (χ1) is 13.9. The normalized spacial score (nSPS) is 18.9. The fourth-order valence-electron chi connectivity index (χ4n) is 3.59. The molecule has 7 heteroatoms. The monoisotopic (exact) mass is 540 g/mol. The molecule has 2 aromatic carbocycles. The van der Waals surface area contributed by atoms with Crippen LogP contribution in [-0.2, 0) is 14.3 Å². The molecular weight excluding hydrogens is 523 g/mol. The summed E-state index contributed by atoms with van der Waals surface area (Å²) in [6.45, 7) is 1.94. The van der Waals surface area contributed by atoms with Crippen LogP contribution in [0.15, 0.2) is 51.4 Å². The molecule has 0 aromatic heterocycles. The lowest BCUT2D eigenvalue weighted by molar-refractivity contribution is -0.151. The smallest absolute Gasteiger partial charge is 0.317 e. The van der Waals surface area contributed by atoms with Crippen LogP contribution in [0.2, 0.25) is 5.02 Å². The predicted molar refractivity (Wildman–Crippen MR) is 120 cm³/mol. The molecule has 0 spiro atoms. The highest BCUT2D eigenvalue weighted by atomic mass is 79.9. The molecule has 4 nitrogen and oxygen atoms in total. The molecule has 29 heavy (non-hydrogen) atoms. The molecule has 0 saturated heterocycles. The summed E-state index contributed by atoms with van der Waals surface area (Å²) in [5.41, 5.74) is 2.44. The van der Waals surface area contributed by atoms with Gasteiger partial charge in [-0.05, 0) is 86.2 Å².